The first-order valence-corrected chi connectivity index (χ1v) is 10.2. The van der Waals surface area contributed by atoms with Crippen molar-refractivity contribution in [3.63, 3.8) is 0 Å². The molecule has 2 aliphatic heterocycles. The van der Waals surface area contributed by atoms with E-state index in [1.165, 1.54) is 4.90 Å². The average Bonchev–Trinajstić information content (AvgIpc) is 3.06. The fourth-order valence-corrected chi connectivity index (χ4v) is 4.82. The number of sulfonamides is 1. The van der Waals surface area contributed by atoms with Crippen LogP contribution in [-0.2, 0) is 19.6 Å². The molecule has 148 valence electrons. The fraction of sp³-hybridized carbons (Fsp3) is 0.529. The summed E-state index contributed by atoms with van der Waals surface area (Å²) in [5, 5.41) is 0. The van der Waals surface area contributed by atoms with Crippen LogP contribution >= 0.6 is 0 Å². The molecule has 3 rings (SSSR count). The van der Waals surface area contributed by atoms with Crippen molar-refractivity contribution < 1.29 is 26.8 Å². The standard InChI is InChI=1S/C17H21F2N3O4S/c18-13-3-4-14(19)15(12-13)27(25,26)22-10-8-21(9-11-22)17(24)5-7-20-6-1-2-16(20)23/h3-4,12H,1-2,5-11H2. The van der Waals surface area contributed by atoms with Crippen LogP contribution in [0.4, 0.5) is 8.78 Å². The van der Waals surface area contributed by atoms with E-state index < -0.39 is 26.6 Å². The molecule has 1 aromatic carbocycles. The van der Waals surface area contributed by atoms with Gasteiger partial charge in [-0.15, -0.1) is 0 Å². The molecule has 2 aliphatic rings. The monoisotopic (exact) mass is 401 g/mol. The second-order valence-corrected chi connectivity index (χ2v) is 8.50. The molecule has 2 heterocycles. The van der Waals surface area contributed by atoms with Gasteiger partial charge < -0.3 is 9.80 Å². The zero-order valence-electron chi connectivity index (χ0n) is 14.7. The number of carbonyl (C=O) groups excluding carboxylic acids is 2. The molecule has 0 N–H and O–H groups in total. The number of amides is 2. The lowest BCUT2D eigenvalue weighted by Gasteiger charge is -2.34. The molecule has 0 aliphatic carbocycles. The van der Waals surface area contributed by atoms with Gasteiger partial charge in [0.1, 0.15) is 16.5 Å². The molecule has 10 heteroatoms. The Morgan fingerprint density at radius 1 is 1.07 bits per heavy atom. The molecule has 0 radical (unpaired) electrons. The van der Waals surface area contributed by atoms with E-state index in [4.69, 9.17) is 0 Å². The highest BCUT2D eigenvalue weighted by Crippen LogP contribution is 2.22. The third-order valence-electron chi connectivity index (χ3n) is 4.87. The van der Waals surface area contributed by atoms with E-state index in [2.05, 4.69) is 0 Å². The van der Waals surface area contributed by atoms with Gasteiger partial charge in [-0.1, -0.05) is 0 Å². The Morgan fingerprint density at radius 2 is 1.78 bits per heavy atom. The number of nitrogens with zero attached hydrogens (tertiary/aromatic N) is 3. The first-order valence-electron chi connectivity index (χ1n) is 8.80. The van der Waals surface area contributed by atoms with Gasteiger partial charge >= 0.3 is 0 Å². The molecule has 2 saturated heterocycles. The molecule has 0 unspecified atom stereocenters. The van der Waals surface area contributed by atoms with Gasteiger partial charge in [0, 0.05) is 52.1 Å². The van der Waals surface area contributed by atoms with Crippen LogP contribution in [0.3, 0.4) is 0 Å². The third-order valence-corrected chi connectivity index (χ3v) is 6.78. The highest BCUT2D eigenvalue weighted by molar-refractivity contribution is 7.89. The van der Waals surface area contributed by atoms with Crippen LogP contribution in [0.2, 0.25) is 0 Å². The number of hydrogen-bond donors (Lipinski definition) is 0. The maximum Gasteiger partial charge on any atom is 0.246 e. The van der Waals surface area contributed by atoms with E-state index in [-0.39, 0.29) is 44.4 Å². The van der Waals surface area contributed by atoms with Crippen molar-refractivity contribution in [2.24, 2.45) is 0 Å². The number of hydrogen-bond acceptors (Lipinski definition) is 4. The minimum atomic E-state index is -4.17. The Labute approximate surface area is 156 Å². The summed E-state index contributed by atoms with van der Waals surface area (Å²) in [5.74, 6) is -1.94. The largest absolute Gasteiger partial charge is 0.342 e. The van der Waals surface area contributed by atoms with Gasteiger partial charge in [-0.3, -0.25) is 9.59 Å². The summed E-state index contributed by atoms with van der Waals surface area (Å²) < 4.78 is 53.3. The third kappa shape index (κ3) is 4.27. The maximum absolute atomic E-state index is 13.8. The average molecular weight is 401 g/mol. The summed E-state index contributed by atoms with van der Waals surface area (Å²) in [4.78, 5) is 26.4. The van der Waals surface area contributed by atoms with Crippen molar-refractivity contribution in [1.29, 1.82) is 0 Å². The summed E-state index contributed by atoms with van der Waals surface area (Å²) in [5.41, 5.74) is 0. The van der Waals surface area contributed by atoms with Crippen LogP contribution in [0, 0.1) is 11.6 Å². The van der Waals surface area contributed by atoms with E-state index in [9.17, 15) is 26.8 Å². The summed E-state index contributed by atoms with van der Waals surface area (Å²) in [7, 11) is -4.17. The van der Waals surface area contributed by atoms with Crippen LogP contribution in [0.25, 0.3) is 0 Å². The molecule has 0 bridgehead atoms. The molecular weight excluding hydrogens is 380 g/mol. The van der Waals surface area contributed by atoms with Gasteiger partial charge in [-0.25, -0.2) is 17.2 Å². The maximum atomic E-state index is 13.8. The quantitative estimate of drug-likeness (QED) is 0.732. The first-order chi connectivity index (χ1) is 12.8. The zero-order chi connectivity index (χ0) is 19.6. The van der Waals surface area contributed by atoms with Gasteiger partial charge in [0.25, 0.3) is 0 Å². The van der Waals surface area contributed by atoms with Gasteiger partial charge in [-0.2, -0.15) is 4.31 Å². The Morgan fingerprint density at radius 3 is 2.41 bits per heavy atom. The van der Waals surface area contributed by atoms with E-state index >= 15 is 0 Å². The second-order valence-electron chi connectivity index (χ2n) is 6.59. The highest BCUT2D eigenvalue weighted by Gasteiger charge is 2.32. The SMILES string of the molecule is O=C1CCCN1CCC(=O)N1CCN(S(=O)(=O)c2cc(F)ccc2F)CC1. The topological polar surface area (TPSA) is 78.0 Å². The molecule has 0 saturated carbocycles. The number of piperazine rings is 1. The van der Waals surface area contributed by atoms with Crippen LogP contribution < -0.4 is 0 Å². The molecule has 2 fully saturated rings. The van der Waals surface area contributed by atoms with Crippen molar-refractivity contribution in [1.82, 2.24) is 14.1 Å². The fourth-order valence-electron chi connectivity index (χ4n) is 3.32. The van der Waals surface area contributed by atoms with Crippen LogP contribution in [-0.4, -0.2) is 73.6 Å². The van der Waals surface area contributed by atoms with Crippen LogP contribution in [0.15, 0.2) is 23.1 Å². The van der Waals surface area contributed by atoms with Crippen molar-refractivity contribution in [2.45, 2.75) is 24.2 Å². The lowest BCUT2D eigenvalue weighted by molar-refractivity contribution is -0.133. The van der Waals surface area contributed by atoms with Crippen molar-refractivity contribution in [2.75, 3.05) is 39.3 Å². The molecule has 2 amide bonds. The molecule has 0 atom stereocenters. The predicted molar refractivity (Wildman–Crippen MR) is 92.1 cm³/mol. The van der Waals surface area contributed by atoms with E-state index in [0.29, 0.717) is 25.6 Å². The van der Waals surface area contributed by atoms with Crippen molar-refractivity contribution in [3.05, 3.63) is 29.8 Å². The number of benzene rings is 1. The number of halogens is 2. The first kappa shape index (κ1) is 19.7. The van der Waals surface area contributed by atoms with Crippen LogP contribution in [0.5, 0.6) is 0 Å². The predicted octanol–water partition coefficient (Wildman–Crippen LogP) is 0.810. The van der Waals surface area contributed by atoms with Gasteiger partial charge in [-0.05, 0) is 24.6 Å². The Bertz CT molecular complexity index is 839. The van der Waals surface area contributed by atoms with E-state index in [1.807, 2.05) is 0 Å². The molecule has 27 heavy (non-hydrogen) atoms. The summed E-state index contributed by atoms with van der Waals surface area (Å²) in [6.45, 7) is 1.38. The number of rotatable bonds is 5. The Hall–Kier alpha value is -2.07. The van der Waals surface area contributed by atoms with E-state index in [1.54, 1.807) is 4.90 Å². The molecule has 0 spiro atoms. The minimum Gasteiger partial charge on any atom is -0.342 e. The Kier molecular flexibility index (Phi) is 5.75. The molecule has 7 nitrogen and oxygen atoms in total. The Balaban J connectivity index is 1.57. The van der Waals surface area contributed by atoms with Crippen LogP contribution in [0.1, 0.15) is 19.3 Å². The van der Waals surface area contributed by atoms with Crippen molar-refractivity contribution in [3.8, 4) is 0 Å². The van der Waals surface area contributed by atoms with Gasteiger partial charge in [0.15, 0.2) is 0 Å². The lowest BCUT2D eigenvalue weighted by Crippen LogP contribution is -2.51. The minimum absolute atomic E-state index is 0.00662. The molecular formula is C17H21F2N3O4S. The number of likely N-dealkylation sites (tertiary alicyclic amines) is 1. The second kappa shape index (κ2) is 7.89. The molecule has 0 aromatic heterocycles. The van der Waals surface area contributed by atoms with Gasteiger partial charge in [0.2, 0.25) is 21.8 Å². The smallest absolute Gasteiger partial charge is 0.246 e. The summed E-state index contributed by atoms with van der Waals surface area (Å²) in [6.07, 6.45) is 1.51. The van der Waals surface area contributed by atoms with Crippen molar-refractivity contribution >= 4 is 21.8 Å². The van der Waals surface area contributed by atoms with E-state index in [0.717, 1.165) is 22.9 Å². The lowest BCUT2D eigenvalue weighted by atomic mass is 10.3. The molecule has 1 aromatic rings. The highest BCUT2D eigenvalue weighted by atomic mass is 32.2. The summed E-state index contributed by atoms with van der Waals surface area (Å²) in [6, 6.07) is 2.30. The zero-order valence-corrected chi connectivity index (χ0v) is 15.6. The summed E-state index contributed by atoms with van der Waals surface area (Å²) >= 11 is 0. The normalized spacial score (nSPS) is 19.0. The van der Waals surface area contributed by atoms with Gasteiger partial charge in [0.05, 0.1) is 0 Å². The number of carbonyl (C=O) groups is 2.